The van der Waals surface area contributed by atoms with Gasteiger partial charge in [-0.05, 0) is 31.0 Å². The van der Waals surface area contributed by atoms with Crippen LogP contribution in [-0.4, -0.2) is 45.4 Å². The topological polar surface area (TPSA) is 122 Å². The third-order valence-corrected chi connectivity index (χ3v) is 6.06. The van der Waals surface area contributed by atoms with Gasteiger partial charge in [0.1, 0.15) is 5.75 Å². The van der Waals surface area contributed by atoms with E-state index in [0.717, 1.165) is 17.4 Å². The number of aryl methyl sites for hydroxylation is 1. The van der Waals surface area contributed by atoms with Crippen LogP contribution in [0.5, 0.6) is 5.75 Å². The van der Waals surface area contributed by atoms with E-state index in [4.69, 9.17) is 5.21 Å². The summed E-state index contributed by atoms with van der Waals surface area (Å²) in [6.07, 6.45) is 4.16. The van der Waals surface area contributed by atoms with Crippen molar-refractivity contribution in [3.63, 3.8) is 0 Å². The van der Waals surface area contributed by atoms with Gasteiger partial charge in [-0.2, -0.15) is 5.10 Å². The molecule has 0 spiro atoms. The number of hydrogen-bond acceptors (Lipinski definition) is 6. The fourth-order valence-electron chi connectivity index (χ4n) is 2.23. The Morgan fingerprint density at radius 3 is 2.67 bits per heavy atom. The maximum atomic E-state index is 11.9. The highest BCUT2D eigenvalue weighted by molar-refractivity contribution is 7.92. The number of hydroxylamine groups is 1. The second-order valence-electron chi connectivity index (χ2n) is 5.74. The zero-order valence-corrected chi connectivity index (χ0v) is 14.1. The second kappa shape index (κ2) is 6.62. The number of rotatable bonds is 6. The van der Waals surface area contributed by atoms with Crippen molar-refractivity contribution >= 4 is 15.7 Å². The van der Waals surface area contributed by atoms with E-state index in [-0.39, 0.29) is 18.7 Å². The Labute approximate surface area is 139 Å². The summed E-state index contributed by atoms with van der Waals surface area (Å²) in [5.74, 6) is -0.852. The molecule has 0 saturated carbocycles. The van der Waals surface area contributed by atoms with Crippen molar-refractivity contribution in [2.24, 2.45) is 0 Å². The number of benzene rings is 1. The Morgan fingerprint density at radius 1 is 1.38 bits per heavy atom. The van der Waals surface area contributed by atoms with Gasteiger partial charge in [0.05, 0.1) is 6.20 Å². The zero-order valence-electron chi connectivity index (χ0n) is 13.3. The summed E-state index contributed by atoms with van der Waals surface area (Å²) < 4.78 is 23.6. The predicted octanol–water partition coefficient (Wildman–Crippen LogP) is 0.954. The summed E-state index contributed by atoms with van der Waals surface area (Å²) in [4.78, 5) is 11.8. The van der Waals surface area contributed by atoms with Crippen molar-refractivity contribution in [2.45, 2.75) is 24.6 Å². The quantitative estimate of drug-likeness (QED) is 0.525. The molecule has 9 heteroatoms. The predicted molar refractivity (Wildman–Crippen MR) is 87.1 cm³/mol. The molecule has 0 aliphatic rings. The van der Waals surface area contributed by atoms with Crippen molar-refractivity contribution in [2.75, 3.05) is 6.26 Å². The number of nitrogens with one attached hydrogen (secondary N) is 1. The third-order valence-electron chi connectivity index (χ3n) is 4.03. The highest BCUT2D eigenvalue weighted by atomic mass is 32.2. The maximum Gasteiger partial charge on any atom is 0.264 e. The largest absolute Gasteiger partial charge is 0.508 e. The van der Waals surface area contributed by atoms with E-state index >= 15 is 0 Å². The minimum absolute atomic E-state index is 0.0562. The van der Waals surface area contributed by atoms with Gasteiger partial charge in [-0.25, -0.2) is 13.9 Å². The lowest BCUT2D eigenvalue weighted by molar-refractivity contribution is -0.131. The second-order valence-corrected chi connectivity index (χ2v) is 8.18. The monoisotopic (exact) mass is 353 g/mol. The Balaban J connectivity index is 2.19. The molecule has 2 aromatic rings. The van der Waals surface area contributed by atoms with E-state index in [1.165, 1.54) is 17.1 Å². The Bertz CT molecular complexity index is 846. The molecule has 1 aromatic carbocycles. The third kappa shape index (κ3) is 3.57. The number of carbonyl (C=O) groups is 1. The van der Waals surface area contributed by atoms with Crippen molar-refractivity contribution in [1.82, 2.24) is 15.3 Å². The molecule has 1 aromatic heterocycles. The molecule has 0 aliphatic carbocycles. The number of phenols is 1. The first-order chi connectivity index (χ1) is 11.2. The molecule has 1 unspecified atom stereocenters. The number of carbonyl (C=O) groups excluding carboxylic acids is 1. The number of aromatic nitrogens is 2. The van der Waals surface area contributed by atoms with Crippen LogP contribution in [0.3, 0.4) is 0 Å². The van der Waals surface area contributed by atoms with Crippen LogP contribution >= 0.6 is 0 Å². The Hall–Kier alpha value is -2.39. The molecule has 8 nitrogen and oxygen atoms in total. The Morgan fingerprint density at radius 2 is 2.08 bits per heavy atom. The molecular formula is C15H19N3O5S. The summed E-state index contributed by atoms with van der Waals surface area (Å²) >= 11 is 0. The van der Waals surface area contributed by atoms with Crippen LogP contribution < -0.4 is 5.48 Å². The van der Waals surface area contributed by atoms with E-state index in [2.05, 4.69) is 5.10 Å². The van der Waals surface area contributed by atoms with Gasteiger partial charge in [0.2, 0.25) is 0 Å². The van der Waals surface area contributed by atoms with E-state index in [1.807, 2.05) is 0 Å². The van der Waals surface area contributed by atoms with Crippen LogP contribution in [0.15, 0.2) is 36.7 Å². The van der Waals surface area contributed by atoms with Crippen LogP contribution in [0.4, 0.5) is 0 Å². The number of phenolic OH excluding ortho intramolecular Hbond substituents is 1. The standard InChI is InChI=1S/C15H19N3O5S/c1-15(14(20)17-21,24(2,22)23)6-7-18-10-12(9-16-18)11-4-3-5-13(19)8-11/h3-5,8-10,19,21H,6-7H2,1-2H3,(H,17,20). The van der Waals surface area contributed by atoms with Crippen LogP contribution in [-0.2, 0) is 21.2 Å². The molecule has 24 heavy (non-hydrogen) atoms. The van der Waals surface area contributed by atoms with Crippen LogP contribution in [0, 0.1) is 0 Å². The number of aromatic hydroxyl groups is 1. The minimum atomic E-state index is -3.74. The molecule has 2 rings (SSSR count). The molecule has 1 atom stereocenters. The lowest BCUT2D eigenvalue weighted by atomic mass is 10.1. The number of amides is 1. The van der Waals surface area contributed by atoms with Crippen molar-refractivity contribution in [3.05, 3.63) is 36.7 Å². The van der Waals surface area contributed by atoms with Crippen LogP contribution in [0.2, 0.25) is 0 Å². The van der Waals surface area contributed by atoms with E-state index in [0.29, 0.717) is 0 Å². The molecule has 0 aliphatic heterocycles. The molecule has 0 bridgehead atoms. The smallest absolute Gasteiger partial charge is 0.264 e. The van der Waals surface area contributed by atoms with Crippen LogP contribution in [0.25, 0.3) is 11.1 Å². The molecule has 3 N–H and O–H groups in total. The molecule has 0 fully saturated rings. The van der Waals surface area contributed by atoms with E-state index in [1.54, 1.807) is 36.7 Å². The summed E-state index contributed by atoms with van der Waals surface area (Å²) in [6.45, 7) is 1.42. The first-order valence-corrected chi connectivity index (χ1v) is 9.02. The summed E-state index contributed by atoms with van der Waals surface area (Å²) in [6, 6.07) is 6.65. The van der Waals surface area contributed by atoms with Gasteiger partial charge in [-0.1, -0.05) is 12.1 Å². The van der Waals surface area contributed by atoms with Gasteiger partial charge in [0, 0.05) is 24.6 Å². The molecular weight excluding hydrogens is 334 g/mol. The van der Waals surface area contributed by atoms with Gasteiger partial charge < -0.3 is 5.11 Å². The fourth-order valence-corrected chi connectivity index (χ4v) is 3.08. The molecule has 0 saturated heterocycles. The number of hydrogen-bond donors (Lipinski definition) is 3. The summed E-state index contributed by atoms with van der Waals surface area (Å²) in [5.41, 5.74) is 2.92. The van der Waals surface area contributed by atoms with E-state index < -0.39 is 20.5 Å². The highest BCUT2D eigenvalue weighted by Crippen LogP contribution is 2.25. The number of sulfone groups is 1. The zero-order chi connectivity index (χ0) is 18.0. The van der Waals surface area contributed by atoms with Gasteiger partial charge >= 0.3 is 0 Å². The van der Waals surface area contributed by atoms with Gasteiger partial charge in [-0.15, -0.1) is 0 Å². The lowest BCUT2D eigenvalue weighted by Crippen LogP contribution is -2.49. The molecule has 1 heterocycles. The van der Waals surface area contributed by atoms with E-state index in [9.17, 15) is 18.3 Å². The SMILES string of the molecule is CC(CCn1cc(-c2cccc(O)c2)cn1)(C(=O)NO)S(C)(=O)=O. The summed E-state index contributed by atoms with van der Waals surface area (Å²) in [7, 11) is -3.74. The lowest BCUT2D eigenvalue weighted by Gasteiger charge is -2.24. The minimum Gasteiger partial charge on any atom is -0.508 e. The van der Waals surface area contributed by atoms with Gasteiger partial charge in [0.15, 0.2) is 14.6 Å². The normalized spacial score (nSPS) is 14.1. The van der Waals surface area contributed by atoms with Crippen molar-refractivity contribution in [1.29, 1.82) is 0 Å². The Kier molecular flexibility index (Phi) is 4.95. The molecule has 1 amide bonds. The summed E-state index contributed by atoms with van der Waals surface area (Å²) in [5, 5.41) is 22.4. The first kappa shape index (κ1) is 18.0. The highest BCUT2D eigenvalue weighted by Gasteiger charge is 2.43. The molecule has 130 valence electrons. The maximum absolute atomic E-state index is 11.9. The number of nitrogens with zero attached hydrogens (tertiary/aromatic N) is 2. The molecule has 0 radical (unpaired) electrons. The van der Waals surface area contributed by atoms with Crippen LogP contribution in [0.1, 0.15) is 13.3 Å². The van der Waals surface area contributed by atoms with Crippen molar-refractivity contribution in [3.8, 4) is 16.9 Å². The first-order valence-electron chi connectivity index (χ1n) is 7.13. The fraction of sp³-hybridized carbons (Fsp3) is 0.333. The van der Waals surface area contributed by atoms with Gasteiger partial charge in [0.25, 0.3) is 5.91 Å². The van der Waals surface area contributed by atoms with Gasteiger partial charge in [-0.3, -0.25) is 14.7 Å². The average Bonchev–Trinajstić information content (AvgIpc) is 2.99. The average molecular weight is 353 g/mol. The van der Waals surface area contributed by atoms with Crippen molar-refractivity contribution < 1.29 is 23.5 Å².